The second kappa shape index (κ2) is 11.6. The Bertz CT molecular complexity index is 1440. The van der Waals surface area contributed by atoms with E-state index in [2.05, 4.69) is 5.32 Å². The number of hydrogen-bond donors (Lipinski definition) is 7. The minimum absolute atomic E-state index is 0.00521. The van der Waals surface area contributed by atoms with Gasteiger partial charge in [-0.3, -0.25) is 10.1 Å². The van der Waals surface area contributed by atoms with Crippen LogP contribution in [0.3, 0.4) is 0 Å². The van der Waals surface area contributed by atoms with Crippen molar-refractivity contribution in [3.63, 3.8) is 0 Å². The number of aliphatic carboxylic acids is 1. The number of carboxylic acid groups (broad SMARTS) is 1. The first-order valence-corrected chi connectivity index (χ1v) is 11.9. The normalized spacial score (nSPS) is 25.3. The Morgan fingerprint density at radius 3 is 2.45 bits per heavy atom. The van der Waals surface area contributed by atoms with Crippen molar-refractivity contribution < 1.29 is 58.9 Å². The molecule has 14 nitrogen and oxygen atoms in total. The van der Waals surface area contributed by atoms with Crippen LogP contribution in [0.2, 0.25) is 0 Å². The number of benzene rings is 2. The molecule has 40 heavy (non-hydrogen) atoms. The highest BCUT2D eigenvalue weighted by Crippen LogP contribution is 2.33. The van der Waals surface area contributed by atoms with Crippen LogP contribution < -0.4 is 15.5 Å². The number of aromatic hydroxyl groups is 1. The number of esters is 1. The third kappa shape index (κ3) is 5.49. The summed E-state index contributed by atoms with van der Waals surface area (Å²) in [6.07, 6.45) is -6.00. The summed E-state index contributed by atoms with van der Waals surface area (Å²) in [6.45, 7) is -1.89. The number of carboxylic acids is 1. The van der Waals surface area contributed by atoms with Gasteiger partial charge in [-0.2, -0.15) is 0 Å². The average Bonchev–Trinajstić information content (AvgIpc) is 2.93. The Balaban J connectivity index is 1.56. The number of ether oxygens (including phenoxy) is 3. The fraction of sp³-hybridized carbons (Fsp3) is 0.346. The molecule has 2 heterocycles. The van der Waals surface area contributed by atoms with Gasteiger partial charge in [-0.25, -0.2) is 9.59 Å². The Morgan fingerprint density at radius 2 is 1.82 bits per heavy atom. The van der Waals surface area contributed by atoms with Gasteiger partial charge in [0, 0.05) is 6.07 Å². The Labute approximate surface area is 225 Å². The van der Waals surface area contributed by atoms with Crippen LogP contribution in [0.25, 0.3) is 22.1 Å². The second-order valence-corrected chi connectivity index (χ2v) is 9.07. The van der Waals surface area contributed by atoms with E-state index in [0.29, 0.717) is 5.56 Å². The number of hydrogen-bond acceptors (Lipinski definition) is 13. The van der Waals surface area contributed by atoms with Gasteiger partial charge in [0.05, 0.1) is 17.6 Å². The van der Waals surface area contributed by atoms with E-state index in [4.69, 9.17) is 23.7 Å². The van der Waals surface area contributed by atoms with Crippen LogP contribution in [0, 0.1) is 0 Å². The minimum atomic E-state index is -2.57. The number of aliphatic hydroxyl groups excluding tert-OH is 3. The van der Waals surface area contributed by atoms with Crippen molar-refractivity contribution in [1.82, 2.24) is 5.32 Å². The number of phenolic OH excluding ortho intramolecular Hbond substituents is 1. The molecule has 0 aliphatic carbocycles. The van der Waals surface area contributed by atoms with Gasteiger partial charge in [-0.1, -0.05) is 12.1 Å². The second-order valence-electron chi connectivity index (χ2n) is 9.07. The third-order valence-corrected chi connectivity index (χ3v) is 6.53. The zero-order valence-corrected chi connectivity index (χ0v) is 21.0. The summed E-state index contributed by atoms with van der Waals surface area (Å²) in [7, 11) is 1.22. The van der Waals surface area contributed by atoms with E-state index in [0.717, 1.165) is 0 Å². The topological polar surface area (TPSA) is 225 Å². The molecule has 214 valence electrons. The van der Waals surface area contributed by atoms with E-state index in [-0.39, 0.29) is 33.5 Å². The maximum atomic E-state index is 13.0. The molecule has 0 amide bonds. The lowest BCUT2D eigenvalue weighted by Crippen LogP contribution is -2.70. The smallest absolute Gasteiger partial charge is 0.334 e. The van der Waals surface area contributed by atoms with Gasteiger partial charge in [0.25, 0.3) is 0 Å². The molecule has 0 unspecified atom stereocenters. The van der Waals surface area contributed by atoms with Crippen molar-refractivity contribution in [2.75, 3.05) is 20.3 Å². The van der Waals surface area contributed by atoms with Gasteiger partial charge in [0.2, 0.25) is 12.3 Å². The minimum Gasteiger partial charge on any atom is -0.508 e. The van der Waals surface area contributed by atoms with Crippen molar-refractivity contribution >= 4 is 22.9 Å². The first kappa shape index (κ1) is 28.9. The molecule has 1 fully saturated rings. The SMILES string of the molecule is CN[C@H](C(=O)O)C(=O)OC[C@H]1O[C@H](Oc2ccc3c(=O)c(-c4ccc(O)cc4)coc3c2)[C@@H](O)[C@@](O)(CO)[C@H]1O. The van der Waals surface area contributed by atoms with Gasteiger partial charge < -0.3 is 49.3 Å². The molecule has 1 saturated heterocycles. The van der Waals surface area contributed by atoms with Crippen molar-refractivity contribution in [2.24, 2.45) is 0 Å². The van der Waals surface area contributed by atoms with Crippen molar-refractivity contribution in [3.8, 4) is 22.6 Å². The summed E-state index contributed by atoms with van der Waals surface area (Å²) in [6, 6.07) is 8.32. The number of phenols is 1. The molecule has 1 aliphatic rings. The largest absolute Gasteiger partial charge is 0.508 e. The zero-order valence-electron chi connectivity index (χ0n) is 21.0. The fourth-order valence-electron chi connectivity index (χ4n) is 4.21. The monoisotopic (exact) mass is 561 g/mol. The molecule has 1 aliphatic heterocycles. The lowest BCUT2D eigenvalue weighted by molar-refractivity contribution is -0.320. The number of nitrogens with one attached hydrogen (secondary N) is 1. The third-order valence-electron chi connectivity index (χ3n) is 6.53. The predicted octanol–water partition coefficient (Wildman–Crippen LogP) is -1.07. The van der Waals surface area contributed by atoms with E-state index in [1.807, 2.05) is 0 Å². The van der Waals surface area contributed by atoms with Crippen molar-refractivity contribution in [1.29, 1.82) is 0 Å². The van der Waals surface area contributed by atoms with Crippen LogP contribution in [-0.2, 0) is 19.1 Å². The van der Waals surface area contributed by atoms with Gasteiger partial charge in [-0.15, -0.1) is 0 Å². The van der Waals surface area contributed by atoms with E-state index >= 15 is 0 Å². The van der Waals surface area contributed by atoms with E-state index in [1.165, 1.54) is 43.6 Å². The molecule has 0 bridgehead atoms. The summed E-state index contributed by atoms with van der Waals surface area (Å²) in [5.74, 6) is -2.69. The molecule has 2 aromatic carbocycles. The van der Waals surface area contributed by atoms with E-state index in [1.54, 1.807) is 12.1 Å². The summed E-state index contributed by atoms with van der Waals surface area (Å²) >= 11 is 0. The molecular formula is C26H27NO13. The van der Waals surface area contributed by atoms with Crippen LogP contribution in [0.15, 0.2) is 57.9 Å². The first-order chi connectivity index (χ1) is 19.0. The molecule has 0 radical (unpaired) electrons. The molecule has 14 heteroatoms. The highest BCUT2D eigenvalue weighted by molar-refractivity contribution is 5.98. The van der Waals surface area contributed by atoms with Gasteiger partial charge in [0.15, 0.2) is 5.43 Å². The first-order valence-electron chi connectivity index (χ1n) is 11.9. The number of likely N-dealkylation sites (N-methyl/N-ethyl adjacent to an activating group) is 1. The number of carbonyl (C=O) groups excluding carboxylic acids is 1. The molecular weight excluding hydrogens is 534 g/mol. The molecule has 3 aromatic rings. The van der Waals surface area contributed by atoms with Crippen LogP contribution in [0.4, 0.5) is 0 Å². The maximum absolute atomic E-state index is 13.0. The highest BCUT2D eigenvalue weighted by atomic mass is 16.7. The van der Waals surface area contributed by atoms with Crippen LogP contribution >= 0.6 is 0 Å². The quantitative estimate of drug-likeness (QED) is 0.122. The number of fused-ring (bicyclic) bond motifs is 1. The van der Waals surface area contributed by atoms with Crippen molar-refractivity contribution in [3.05, 3.63) is 59.0 Å². The Hall–Kier alpha value is -4.05. The van der Waals surface area contributed by atoms with Gasteiger partial charge in [-0.05, 0) is 36.9 Å². The van der Waals surface area contributed by atoms with E-state index in [9.17, 15) is 39.9 Å². The molecule has 1 aromatic heterocycles. The number of aliphatic hydroxyl groups is 4. The highest BCUT2D eigenvalue weighted by Gasteiger charge is 2.56. The van der Waals surface area contributed by atoms with Crippen LogP contribution in [0.1, 0.15) is 0 Å². The van der Waals surface area contributed by atoms with Crippen LogP contribution in [-0.4, -0.2) is 99.1 Å². The molecule has 6 atom stereocenters. The van der Waals surface area contributed by atoms with E-state index < -0.39 is 61.4 Å². The predicted molar refractivity (Wildman–Crippen MR) is 134 cm³/mol. The molecule has 4 rings (SSSR count). The summed E-state index contributed by atoms with van der Waals surface area (Å²) < 4.78 is 21.6. The molecule has 7 N–H and O–H groups in total. The summed E-state index contributed by atoms with van der Waals surface area (Å²) in [5.41, 5.74) is -2.07. The lowest BCUT2D eigenvalue weighted by Gasteiger charge is -2.46. The van der Waals surface area contributed by atoms with Crippen molar-refractivity contribution in [2.45, 2.75) is 36.2 Å². The lowest BCUT2D eigenvalue weighted by atomic mass is 9.85. The molecule has 0 saturated carbocycles. The zero-order chi connectivity index (χ0) is 29.2. The standard InChI is InChI=1S/C26H27NO13/c1-27-19(23(33)34)24(35)38-10-18-21(31)26(36,11-28)22(32)25(40-18)39-14-6-7-15-17(8-14)37-9-16(20(15)30)12-2-4-13(29)5-3-12/h2-9,18-19,21-22,25,27-29,31-32,36H,10-11H2,1H3,(H,33,34)/t18-,19-,21+,22-,25+,26-/m1/s1. The average molecular weight is 561 g/mol. The maximum Gasteiger partial charge on any atom is 0.334 e. The van der Waals surface area contributed by atoms with Gasteiger partial charge in [0.1, 0.15) is 53.9 Å². The Kier molecular flexibility index (Phi) is 8.39. The number of rotatable bonds is 9. The van der Waals surface area contributed by atoms with Crippen LogP contribution in [0.5, 0.6) is 11.5 Å². The Morgan fingerprint density at radius 1 is 1.12 bits per heavy atom. The van der Waals surface area contributed by atoms with Gasteiger partial charge >= 0.3 is 11.9 Å². The summed E-state index contributed by atoms with van der Waals surface area (Å²) in [5, 5.41) is 62.7. The molecule has 0 spiro atoms. The number of carbonyl (C=O) groups is 2. The fourth-order valence-corrected chi connectivity index (χ4v) is 4.21. The summed E-state index contributed by atoms with van der Waals surface area (Å²) in [4.78, 5) is 36.2.